The molecule has 184 valence electrons. The van der Waals surface area contributed by atoms with E-state index in [1.807, 2.05) is 37.3 Å². The van der Waals surface area contributed by atoms with Gasteiger partial charge in [-0.05, 0) is 48.7 Å². The average Bonchev–Trinajstić information content (AvgIpc) is 3.54. The fraction of sp³-hybridized carbons (Fsp3) is 0.385. The quantitative estimate of drug-likeness (QED) is 0.436. The molecule has 0 bridgehead atoms. The number of aryl methyl sites for hydroxylation is 1. The van der Waals surface area contributed by atoms with Crippen LogP contribution in [0.3, 0.4) is 0 Å². The van der Waals surface area contributed by atoms with Gasteiger partial charge in [-0.1, -0.05) is 23.5 Å². The first-order valence-corrected chi connectivity index (χ1v) is 12.6. The zero-order valence-corrected chi connectivity index (χ0v) is 20.8. The minimum absolute atomic E-state index is 0.111. The van der Waals surface area contributed by atoms with E-state index < -0.39 is 0 Å². The molecular weight excluding hydrogens is 466 g/mol. The zero-order chi connectivity index (χ0) is 24.2. The van der Waals surface area contributed by atoms with E-state index in [2.05, 4.69) is 4.90 Å². The molecule has 2 aromatic carbocycles. The Bertz CT molecular complexity index is 1240. The summed E-state index contributed by atoms with van der Waals surface area (Å²) in [5.41, 5.74) is 2.78. The number of carbonyl (C=O) groups is 1. The summed E-state index contributed by atoms with van der Waals surface area (Å²) >= 11 is 1.52. The van der Waals surface area contributed by atoms with Gasteiger partial charge in [-0.2, -0.15) is 0 Å². The van der Waals surface area contributed by atoms with Gasteiger partial charge in [0.1, 0.15) is 11.3 Å². The van der Waals surface area contributed by atoms with Crippen molar-refractivity contribution in [1.82, 2.24) is 9.88 Å². The highest BCUT2D eigenvalue weighted by Gasteiger charge is 2.21. The highest BCUT2D eigenvalue weighted by molar-refractivity contribution is 7.22. The molecule has 1 saturated heterocycles. The molecule has 2 aliphatic heterocycles. The van der Waals surface area contributed by atoms with Crippen LogP contribution in [0.5, 0.6) is 17.2 Å². The second-order valence-electron chi connectivity index (χ2n) is 8.50. The van der Waals surface area contributed by atoms with Gasteiger partial charge in [-0.15, -0.1) is 0 Å². The van der Waals surface area contributed by atoms with Crippen molar-refractivity contribution in [3.8, 4) is 17.2 Å². The Morgan fingerprint density at radius 2 is 2.03 bits per heavy atom. The van der Waals surface area contributed by atoms with Crippen molar-refractivity contribution in [2.24, 2.45) is 0 Å². The zero-order valence-electron chi connectivity index (χ0n) is 20.0. The Kier molecular flexibility index (Phi) is 7.17. The third-order valence-corrected chi connectivity index (χ3v) is 7.40. The van der Waals surface area contributed by atoms with Crippen molar-refractivity contribution in [1.29, 1.82) is 0 Å². The van der Waals surface area contributed by atoms with Crippen LogP contribution in [0.15, 0.2) is 36.4 Å². The van der Waals surface area contributed by atoms with Crippen molar-refractivity contribution in [3.63, 3.8) is 0 Å². The maximum Gasteiger partial charge on any atom is 0.252 e. The van der Waals surface area contributed by atoms with Crippen LogP contribution in [-0.4, -0.2) is 69.1 Å². The number of carbonyl (C=O) groups excluding carboxylic acids is 1. The Balaban J connectivity index is 1.38. The molecule has 1 amide bonds. The Morgan fingerprint density at radius 1 is 1.20 bits per heavy atom. The number of hydrogen-bond acceptors (Lipinski definition) is 8. The van der Waals surface area contributed by atoms with E-state index in [4.69, 9.17) is 23.9 Å². The predicted octanol–water partition coefficient (Wildman–Crippen LogP) is 4.11. The van der Waals surface area contributed by atoms with Gasteiger partial charge in [0.2, 0.25) is 6.79 Å². The molecule has 0 aliphatic carbocycles. The summed E-state index contributed by atoms with van der Waals surface area (Å²) in [5, 5.41) is 0.676. The number of morpholine rings is 1. The van der Waals surface area contributed by atoms with Gasteiger partial charge in [0.15, 0.2) is 16.6 Å². The van der Waals surface area contributed by atoms with Gasteiger partial charge in [-0.3, -0.25) is 14.6 Å². The fourth-order valence-corrected chi connectivity index (χ4v) is 5.31. The normalized spacial score (nSPS) is 15.7. The lowest BCUT2D eigenvalue weighted by Gasteiger charge is -2.27. The topological polar surface area (TPSA) is 73.4 Å². The lowest BCUT2D eigenvalue weighted by atomic mass is 10.2. The standard InChI is InChI=1S/C26H29N3O5S/c1-18-4-7-21(31-2)24-25(18)35-26(27-24)29(11-3-10-28-12-14-32-15-13-28)23(30)9-6-19-5-8-20-22(16-19)34-17-33-20/h4-9,16H,3,10-15,17H2,1-2H3/b9-6+. The number of benzene rings is 2. The van der Waals surface area contributed by atoms with Gasteiger partial charge in [0.05, 0.1) is 25.0 Å². The van der Waals surface area contributed by atoms with Crippen molar-refractivity contribution in [2.75, 3.05) is 58.2 Å². The molecule has 2 aliphatic rings. The third kappa shape index (κ3) is 5.27. The van der Waals surface area contributed by atoms with Crippen LogP contribution in [0.25, 0.3) is 16.3 Å². The molecule has 8 nitrogen and oxygen atoms in total. The van der Waals surface area contributed by atoms with Crippen LogP contribution in [0.1, 0.15) is 17.5 Å². The van der Waals surface area contributed by atoms with Crippen LogP contribution in [0, 0.1) is 6.92 Å². The van der Waals surface area contributed by atoms with Crippen LogP contribution in [-0.2, 0) is 9.53 Å². The number of thiazole rings is 1. The Morgan fingerprint density at radius 3 is 2.86 bits per heavy atom. The number of amides is 1. The van der Waals surface area contributed by atoms with Gasteiger partial charge >= 0.3 is 0 Å². The van der Waals surface area contributed by atoms with Crippen LogP contribution < -0.4 is 19.1 Å². The fourth-order valence-electron chi connectivity index (χ4n) is 4.23. The van der Waals surface area contributed by atoms with Crippen molar-refractivity contribution < 1.29 is 23.7 Å². The number of aromatic nitrogens is 1. The first-order chi connectivity index (χ1) is 17.1. The first kappa shape index (κ1) is 23.6. The number of rotatable bonds is 8. The summed E-state index contributed by atoms with van der Waals surface area (Å²) in [7, 11) is 1.64. The SMILES string of the molecule is COc1ccc(C)c2sc(N(CCCN3CCOCC3)C(=O)/C=C/c3ccc4c(c3)OCO4)nc12. The molecule has 0 radical (unpaired) electrons. The second-order valence-corrected chi connectivity index (χ2v) is 9.48. The number of ether oxygens (including phenoxy) is 4. The number of hydrogen-bond donors (Lipinski definition) is 0. The monoisotopic (exact) mass is 495 g/mol. The molecule has 3 heterocycles. The van der Waals surface area contributed by atoms with Gasteiger partial charge in [-0.25, -0.2) is 4.98 Å². The summed E-state index contributed by atoms with van der Waals surface area (Å²) in [6.07, 6.45) is 4.25. The molecule has 0 saturated carbocycles. The molecule has 1 fully saturated rings. The summed E-state index contributed by atoms with van der Waals surface area (Å²) in [5.74, 6) is 2.01. The number of anilines is 1. The van der Waals surface area contributed by atoms with E-state index in [-0.39, 0.29) is 12.7 Å². The molecule has 0 atom stereocenters. The summed E-state index contributed by atoms with van der Waals surface area (Å²) in [6, 6.07) is 9.58. The Labute approximate surface area is 208 Å². The van der Waals surface area contributed by atoms with E-state index in [9.17, 15) is 4.79 Å². The van der Waals surface area contributed by atoms with E-state index in [0.717, 1.165) is 66.4 Å². The van der Waals surface area contributed by atoms with Crippen molar-refractivity contribution in [2.45, 2.75) is 13.3 Å². The molecule has 3 aromatic rings. The van der Waals surface area contributed by atoms with Gasteiger partial charge < -0.3 is 18.9 Å². The summed E-state index contributed by atoms with van der Waals surface area (Å²) in [4.78, 5) is 22.4. The molecule has 0 unspecified atom stereocenters. The Hall–Kier alpha value is -3.14. The highest BCUT2D eigenvalue weighted by atomic mass is 32.1. The minimum atomic E-state index is -0.111. The average molecular weight is 496 g/mol. The molecule has 9 heteroatoms. The third-order valence-electron chi connectivity index (χ3n) is 6.18. The molecule has 35 heavy (non-hydrogen) atoms. The van der Waals surface area contributed by atoms with E-state index in [1.165, 1.54) is 11.3 Å². The number of methoxy groups -OCH3 is 1. The molecular formula is C26H29N3O5S. The largest absolute Gasteiger partial charge is 0.494 e. The van der Waals surface area contributed by atoms with Crippen LogP contribution in [0.4, 0.5) is 5.13 Å². The molecule has 0 spiro atoms. The molecule has 5 rings (SSSR count). The molecule has 1 aromatic heterocycles. The minimum Gasteiger partial charge on any atom is -0.494 e. The predicted molar refractivity (Wildman–Crippen MR) is 137 cm³/mol. The lowest BCUT2D eigenvalue weighted by molar-refractivity contribution is -0.114. The first-order valence-electron chi connectivity index (χ1n) is 11.8. The maximum atomic E-state index is 13.4. The highest BCUT2D eigenvalue weighted by Crippen LogP contribution is 2.37. The van der Waals surface area contributed by atoms with Crippen LogP contribution in [0.2, 0.25) is 0 Å². The van der Waals surface area contributed by atoms with Crippen molar-refractivity contribution >= 4 is 38.7 Å². The molecule has 0 N–H and O–H groups in total. The van der Waals surface area contributed by atoms with Gasteiger partial charge in [0.25, 0.3) is 5.91 Å². The maximum absolute atomic E-state index is 13.4. The van der Waals surface area contributed by atoms with Crippen LogP contribution >= 0.6 is 11.3 Å². The van der Waals surface area contributed by atoms with Crippen molar-refractivity contribution in [3.05, 3.63) is 47.5 Å². The number of nitrogens with zero attached hydrogens (tertiary/aromatic N) is 3. The van der Waals surface area contributed by atoms with E-state index >= 15 is 0 Å². The van der Waals surface area contributed by atoms with Gasteiger partial charge in [0, 0.05) is 32.3 Å². The smallest absolute Gasteiger partial charge is 0.252 e. The summed E-state index contributed by atoms with van der Waals surface area (Å²) < 4.78 is 22.8. The van der Waals surface area contributed by atoms with E-state index in [0.29, 0.717) is 23.2 Å². The lowest BCUT2D eigenvalue weighted by Crippen LogP contribution is -2.39. The summed E-state index contributed by atoms with van der Waals surface area (Å²) in [6.45, 7) is 7.13. The number of fused-ring (bicyclic) bond motifs is 2. The second kappa shape index (κ2) is 10.6. The van der Waals surface area contributed by atoms with E-state index in [1.54, 1.807) is 24.2 Å².